The Hall–Kier alpha value is -0.880. The number of hydrogen-bond donors (Lipinski definition) is 1. The molecule has 0 unspecified atom stereocenters. The molecule has 1 N–H and O–H groups in total. The van der Waals surface area contributed by atoms with Crippen LogP contribution in [0.1, 0.15) is 38.8 Å². The Morgan fingerprint density at radius 2 is 1.76 bits per heavy atom. The van der Waals surface area contributed by atoms with E-state index in [2.05, 4.69) is 62.0 Å². The van der Waals surface area contributed by atoms with Crippen molar-refractivity contribution in [2.45, 2.75) is 45.6 Å². The fourth-order valence-corrected chi connectivity index (χ4v) is 4.36. The van der Waals surface area contributed by atoms with Crippen molar-refractivity contribution in [2.75, 3.05) is 0 Å². The van der Waals surface area contributed by atoms with Gasteiger partial charge in [0.05, 0.1) is 6.54 Å². The van der Waals surface area contributed by atoms with Gasteiger partial charge in [0.2, 0.25) is 0 Å². The first-order valence-electron chi connectivity index (χ1n) is 6.27. The van der Waals surface area contributed by atoms with Crippen LogP contribution in [-0.4, -0.2) is 17.2 Å². The average molecular weight is 248 g/mol. The van der Waals surface area contributed by atoms with Crippen LogP contribution in [-0.2, 0) is 6.54 Å². The number of aliphatic imine (C=N–C) groups is 1. The molecule has 0 saturated heterocycles. The smallest absolute Gasteiger partial charge is 0.132 e. The van der Waals surface area contributed by atoms with Crippen molar-refractivity contribution in [1.82, 2.24) is 5.09 Å². The molecule has 0 aliphatic carbocycles. The molecule has 0 saturated carbocycles. The summed E-state index contributed by atoms with van der Waals surface area (Å²) in [6.07, 6.45) is 0. The van der Waals surface area contributed by atoms with Crippen LogP contribution in [0.25, 0.3) is 0 Å². The number of nitrogens with one attached hydrogen (secondary N) is 1. The summed E-state index contributed by atoms with van der Waals surface area (Å²) >= 11 is 0. The molecule has 0 amide bonds. The molecular weight excluding hydrogens is 227 g/mol. The number of hydrogen-bond acceptors (Lipinski definition) is 2. The topological polar surface area (TPSA) is 24.4 Å². The van der Waals surface area contributed by atoms with E-state index in [0.29, 0.717) is 11.3 Å². The summed E-state index contributed by atoms with van der Waals surface area (Å²) in [4.78, 5) is 4.63. The third kappa shape index (κ3) is 2.69. The van der Waals surface area contributed by atoms with Gasteiger partial charge in [-0.2, -0.15) is 0 Å². The standard InChI is InChI=1S/C14H21N2P/c1-10(2)17(11(3)4)16-14-13-8-6-5-7-12(13)9-15-14/h5-8,10-11H,9H2,1-4H3,(H,15,16). The largest absolute Gasteiger partial charge is 0.348 e. The van der Waals surface area contributed by atoms with Crippen molar-refractivity contribution in [1.29, 1.82) is 0 Å². The Morgan fingerprint density at radius 1 is 1.12 bits per heavy atom. The van der Waals surface area contributed by atoms with Crippen molar-refractivity contribution in [3.63, 3.8) is 0 Å². The molecule has 0 atom stereocenters. The summed E-state index contributed by atoms with van der Waals surface area (Å²) in [5, 5.41) is 3.69. The van der Waals surface area contributed by atoms with Crippen molar-refractivity contribution >= 4 is 13.9 Å². The van der Waals surface area contributed by atoms with E-state index in [4.69, 9.17) is 0 Å². The molecule has 17 heavy (non-hydrogen) atoms. The maximum Gasteiger partial charge on any atom is 0.132 e. The van der Waals surface area contributed by atoms with Gasteiger partial charge in [0.15, 0.2) is 0 Å². The van der Waals surface area contributed by atoms with Gasteiger partial charge in [-0.3, -0.25) is 4.99 Å². The molecule has 1 heterocycles. The molecule has 2 rings (SSSR count). The number of rotatable bonds is 3. The van der Waals surface area contributed by atoms with Crippen molar-refractivity contribution in [2.24, 2.45) is 4.99 Å². The Balaban J connectivity index is 2.16. The van der Waals surface area contributed by atoms with Gasteiger partial charge in [0.25, 0.3) is 0 Å². The van der Waals surface area contributed by atoms with Gasteiger partial charge in [0.1, 0.15) is 5.84 Å². The van der Waals surface area contributed by atoms with Gasteiger partial charge in [-0.05, 0) is 25.0 Å². The van der Waals surface area contributed by atoms with Gasteiger partial charge in [-0.25, -0.2) is 0 Å². The first kappa shape index (κ1) is 12.6. The van der Waals surface area contributed by atoms with Crippen LogP contribution >= 0.6 is 8.07 Å². The SMILES string of the molecule is CC(C)P(NC1=NCc2ccccc21)C(C)C. The summed E-state index contributed by atoms with van der Waals surface area (Å²) in [6, 6.07) is 8.52. The van der Waals surface area contributed by atoms with Crippen LogP contribution < -0.4 is 5.09 Å². The second-order valence-corrected chi connectivity index (χ2v) is 8.13. The summed E-state index contributed by atoms with van der Waals surface area (Å²) < 4.78 is 0. The van der Waals surface area contributed by atoms with E-state index in [0.717, 1.165) is 12.4 Å². The molecule has 0 radical (unpaired) electrons. The lowest BCUT2D eigenvalue weighted by molar-refractivity contribution is 0.989. The molecule has 2 nitrogen and oxygen atoms in total. The highest BCUT2D eigenvalue weighted by Gasteiger charge is 2.22. The van der Waals surface area contributed by atoms with Crippen LogP contribution in [0.5, 0.6) is 0 Å². The minimum Gasteiger partial charge on any atom is -0.348 e. The van der Waals surface area contributed by atoms with E-state index in [1.54, 1.807) is 0 Å². The second kappa shape index (κ2) is 5.18. The van der Waals surface area contributed by atoms with Crippen molar-refractivity contribution in [3.8, 4) is 0 Å². The highest BCUT2D eigenvalue weighted by molar-refractivity contribution is 7.57. The second-order valence-electron chi connectivity index (χ2n) is 5.03. The van der Waals surface area contributed by atoms with Gasteiger partial charge in [-0.1, -0.05) is 52.0 Å². The minimum absolute atomic E-state index is 0.195. The molecule has 3 heteroatoms. The van der Waals surface area contributed by atoms with Crippen molar-refractivity contribution < 1.29 is 0 Å². The predicted molar refractivity (Wildman–Crippen MR) is 77.0 cm³/mol. The Bertz CT molecular complexity index is 416. The normalized spacial score (nSPS) is 14.4. The molecule has 0 aromatic heterocycles. The highest BCUT2D eigenvalue weighted by Crippen LogP contribution is 2.42. The van der Waals surface area contributed by atoms with E-state index in [9.17, 15) is 0 Å². The monoisotopic (exact) mass is 248 g/mol. The predicted octanol–water partition coefficient (Wildman–Crippen LogP) is 3.75. The maximum absolute atomic E-state index is 4.63. The molecule has 1 aliphatic rings. The Kier molecular flexibility index (Phi) is 3.83. The van der Waals surface area contributed by atoms with Crippen molar-refractivity contribution in [3.05, 3.63) is 35.4 Å². The quantitative estimate of drug-likeness (QED) is 0.809. The molecule has 1 aromatic rings. The molecule has 0 bridgehead atoms. The Labute approximate surface area is 105 Å². The molecule has 0 spiro atoms. The third-order valence-electron chi connectivity index (χ3n) is 3.03. The lowest BCUT2D eigenvalue weighted by atomic mass is 10.1. The Morgan fingerprint density at radius 3 is 2.41 bits per heavy atom. The van der Waals surface area contributed by atoms with Crippen LogP contribution in [0.3, 0.4) is 0 Å². The third-order valence-corrected chi connectivity index (χ3v) is 5.72. The van der Waals surface area contributed by atoms with Gasteiger partial charge < -0.3 is 5.09 Å². The minimum atomic E-state index is -0.195. The molecule has 1 aliphatic heterocycles. The molecule has 92 valence electrons. The summed E-state index contributed by atoms with van der Waals surface area (Å²) in [6.45, 7) is 10.00. The van der Waals surface area contributed by atoms with E-state index in [-0.39, 0.29) is 8.07 Å². The van der Waals surface area contributed by atoms with Crippen LogP contribution in [0, 0.1) is 0 Å². The van der Waals surface area contributed by atoms with Gasteiger partial charge in [-0.15, -0.1) is 0 Å². The number of amidine groups is 1. The fourth-order valence-electron chi connectivity index (χ4n) is 2.21. The first-order chi connectivity index (χ1) is 8.09. The summed E-state index contributed by atoms with van der Waals surface area (Å²) in [7, 11) is -0.195. The lowest BCUT2D eigenvalue weighted by Crippen LogP contribution is -2.25. The van der Waals surface area contributed by atoms with Crippen LogP contribution in [0.4, 0.5) is 0 Å². The zero-order valence-electron chi connectivity index (χ0n) is 11.1. The average Bonchev–Trinajstić information content (AvgIpc) is 2.68. The summed E-state index contributed by atoms with van der Waals surface area (Å²) in [5.74, 6) is 1.11. The van der Waals surface area contributed by atoms with E-state index in [1.807, 2.05) is 0 Å². The van der Waals surface area contributed by atoms with Crippen LogP contribution in [0.2, 0.25) is 0 Å². The molecule has 0 fully saturated rings. The highest BCUT2D eigenvalue weighted by atomic mass is 31.1. The van der Waals surface area contributed by atoms with Crippen LogP contribution in [0.15, 0.2) is 29.3 Å². The zero-order chi connectivity index (χ0) is 12.4. The maximum atomic E-state index is 4.63. The first-order valence-corrected chi connectivity index (χ1v) is 7.75. The lowest BCUT2D eigenvalue weighted by Gasteiger charge is -2.27. The number of nitrogens with zero attached hydrogens (tertiary/aromatic N) is 1. The van der Waals surface area contributed by atoms with Gasteiger partial charge >= 0.3 is 0 Å². The van der Waals surface area contributed by atoms with Gasteiger partial charge in [0, 0.05) is 5.56 Å². The number of fused-ring (bicyclic) bond motifs is 1. The number of benzene rings is 1. The van der Waals surface area contributed by atoms with E-state index < -0.39 is 0 Å². The van der Waals surface area contributed by atoms with E-state index in [1.165, 1.54) is 11.1 Å². The van der Waals surface area contributed by atoms with E-state index >= 15 is 0 Å². The molecular formula is C14H21N2P. The summed E-state index contributed by atoms with van der Waals surface area (Å²) in [5.41, 5.74) is 4.00. The zero-order valence-corrected chi connectivity index (χ0v) is 12.0. The molecule has 1 aromatic carbocycles. The fraction of sp³-hybridized carbons (Fsp3) is 0.500.